The first-order valence-electron chi connectivity index (χ1n) is 13.7. The van der Waals surface area contributed by atoms with E-state index in [9.17, 15) is 17.6 Å². The molecule has 1 heterocycles. The van der Waals surface area contributed by atoms with Crippen LogP contribution in [-0.2, 0) is 34.8 Å². The highest BCUT2D eigenvalue weighted by molar-refractivity contribution is 7.89. The maximum absolute atomic E-state index is 14.5. The number of carbonyl (C=O) groups is 1. The summed E-state index contributed by atoms with van der Waals surface area (Å²) in [7, 11) is -1.94. The first-order valence-corrected chi connectivity index (χ1v) is 15.5. The number of nitrogens with zero attached hydrogens (tertiary/aromatic N) is 3. The second-order valence-corrected chi connectivity index (χ2v) is 13.0. The molecule has 7 nitrogen and oxygen atoms in total. The normalized spacial score (nSPS) is 19.9. The number of hydrogen-bond donors (Lipinski definition) is 1. The molecule has 0 radical (unpaired) electrons. The minimum absolute atomic E-state index is 0.101. The van der Waals surface area contributed by atoms with Gasteiger partial charge in [-0.05, 0) is 72.6 Å². The molecule has 212 valence electrons. The standard InChI is InChI=1S/C31H31ClFN4O3S/c1-36-15-14-34-30(36)19-37(31(38)27-18-26(27)24-9-2-3-10-28(24)33)22-13-12-20-6-4-11-29(25(20)17-22)35-41(39,40)23-8-5-7-21(32)16-23/h2-3,5,7-10,12-17,26-27,29,32,35H,4,6,11,18-19H2,1H3/q+1/t26-,27+,29+/m0/s1. The lowest BCUT2D eigenvalue weighted by Gasteiger charge is -2.29. The summed E-state index contributed by atoms with van der Waals surface area (Å²) >= 11 is 5.18. The Morgan fingerprint density at radius 3 is 2.71 bits per heavy atom. The lowest BCUT2D eigenvalue weighted by atomic mass is 9.87. The number of fused-ring (bicyclic) bond motifs is 1. The van der Waals surface area contributed by atoms with E-state index < -0.39 is 16.1 Å². The highest BCUT2D eigenvalue weighted by Gasteiger charge is 2.47. The number of nitrogens with one attached hydrogen (secondary N) is 1. The number of halogens is 2. The van der Waals surface area contributed by atoms with E-state index in [-0.39, 0.29) is 35.0 Å². The molecule has 3 aromatic carbocycles. The number of rotatable bonds is 8. The van der Waals surface area contributed by atoms with Gasteiger partial charge in [0.15, 0.2) is 11.6 Å². The average Bonchev–Trinajstić information content (AvgIpc) is 3.65. The molecule has 10 heteroatoms. The summed E-state index contributed by atoms with van der Waals surface area (Å²) in [6.07, 6.45) is 6.38. The molecule has 6 rings (SSSR count). The minimum atomic E-state index is -3.81. The van der Waals surface area contributed by atoms with Crippen molar-refractivity contribution in [2.45, 2.75) is 49.1 Å². The SMILES string of the molecule is Cn1ccnc1CN(C(=O)[C@@H]1C[C@H]1c1ccccc1F)c1ccc2c(c1)[C@H](NS(=O)(=O)c1cccc([ClH+])c1)CCC2. The van der Waals surface area contributed by atoms with Gasteiger partial charge in [0.05, 0.1) is 11.4 Å². The number of anilines is 1. The molecule has 3 atom stereocenters. The van der Waals surface area contributed by atoms with Crippen LogP contribution in [0.1, 0.15) is 53.7 Å². The third kappa shape index (κ3) is 5.66. The van der Waals surface area contributed by atoms with Crippen LogP contribution in [0.3, 0.4) is 0 Å². The predicted octanol–water partition coefficient (Wildman–Crippen LogP) is 4.95. The first kappa shape index (κ1) is 27.6. The van der Waals surface area contributed by atoms with E-state index in [1.54, 1.807) is 41.4 Å². The molecule has 0 saturated heterocycles. The average molecular weight is 594 g/mol. The van der Waals surface area contributed by atoms with Crippen LogP contribution in [0.5, 0.6) is 0 Å². The van der Waals surface area contributed by atoms with Gasteiger partial charge in [0.1, 0.15) is 11.6 Å². The van der Waals surface area contributed by atoms with E-state index in [2.05, 4.69) is 9.71 Å². The highest BCUT2D eigenvalue weighted by Crippen LogP contribution is 2.50. The fraction of sp³-hybridized carbons (Fsp3) is 0.290. The van der Waals surface area contributed by atoms with Gasteiger partial charge in [-0.3, -0.25) is 4.79 Å². The van der Waals surface area contributed by atoms with Gasteiger partial charge >= 0.3 is 0 Å². The molecule has 1 aromatic heterocycles. The molecule has 2 aliphatic carbocycles. The van der Waals surface area contributed by atoms with Crippen LogP contribution in [0.15, 0.2) is 84.0 Å². The van der Waals surface area contributed by atoms with Gasteiger partial charge in [-0.15, -0.1) is 0 Å². The Morgan fingerprint density at radius 2 is 1.95 bits per heavy atom. The summed E-state index contributed by atoms with van der Waals surface area (Å²) in [4.78, 5) is 20.2. The highest BCUT2D eigenvalue weighted by atomic mass is 35.5. The van der Waals surface area contributed by atoms with Crippen LogP contribution in [0.25, 0.3) is 0 Å². The van der Waals surface area contributed by atoms with Crippen molar-refractivity contribution in [3.63, 3.8) is 0 Å². The Labute approximate surface area is 244 Å². The number of imidazole rings is 1. The Balaban J connectivity index is 1.32. The van der Waals surface area contributed by atoms with Crippen molar-refractivity contribution in [3.8, 4) is 0 Å². The van der Waals surface area contributed by atoms with E-state index in [4.69, 9.17) is 11.6 Å². The molecule has 4 aromatic rings. The molecule has 2 aliphatic rings. The quantitative estimate of drug-likeness (QED) is 0.313. The number of aryl methyl sites for hydroxylation is 2. The fourth-order valence-electron chi connectivity index (χ4n) is 5.75. The largest absolute Gasteiger partial charge is 0.337 e. The number of hydrogen-bond acceptors (Lipinski definition) is 4. The van der Waals surface area contributed by atoms with Crippen molar-refractivity contribution in [2.24, 2.45) is 13.0 Å². The van der Waals surface area contributed by atoms with E-state index in [1.807, 2.05) is 36.0 Å². The van der Waals surface area contributed by atoms with Crippen LogP contribution in [0, 0.1) is 23.3 Å². The maximum Gasteiger partial charge on any atom is 0.241 e. The van der Waals surface area contributed by atoms with Crippen LogP contribution in [0.4, 0.5) is 10.1 Å². The van der Waals surface area contributed by atoms with Crippen LogP contribution in [0.2, 0.25) is 5.02 Å². The van der Waals surface area contributed by atoms with Crippen LogP contribution in [-0.4, -0.2) is 23.9 Å². The van der Waals surface area contributed by atoms with Gasteiger partial charge in [-0.1, -0.05) is 30.3 Å². The van der Waals surface area contributed by atoms with Crippen molar-refractivity contribution in [1.29, 1.82) is 0 Å². The zero-order valence-electron chi connectivity index (χ0n) is 22.5. The lowest BCUT2D eigenvalue weighted by Crippen LogP contribution is -2.34. The van der Waals surface area contributed by atoms with Gasteiger partial charge in [-0.2, -0.15) is 0 Å². The number of amides is 1. The molecule has 41 heavy (non-hydrogen) atoms. The number of aromatic nitrogens is 2. The summed E-state index contributed by atoms with van der Waals surface area (Å²) in [5, 5.41) is 0.455. The summed E-state index contributed by atoms with van der Waals surface area (Å²) in [6.45, 7) is 0.240. The van der Waals surface area contributed by atoms with Crippen molar-refractivity contribution < 1.29 is 29.2 Å². The number of sulfonamides is 1. The molecule has 1 amide bonds. The van der Waals surface area contributed by atoms with Crippen LogP contribution < -0.4 is 9.62 Å². The van der Waals surface area contributed by atoms with Crippen molar-refractivity contribution in [2.75, 3.05) is 4.90 Å². The summed E-state index contributed by atoms with van der Waals surface area (Å²) in [6, 6.07) is 18.3. The lowest BCUT2D eigenvalue weighted by molar-refractivity contribution is -0.289. The van der Waals surface area contributed by atoms with E-state index >= 15 is 0 Å². The van der Waals surface area contributed by atoms with Crippen molar-refractivity contribution >= 4 is 21.6 Å². The van der Waals surface area contributed by atoms with Gasteiger partial charge in [0.2, 0.25) is 21.0 Å². The zero-order valence-corrected chi connectivity index (χ0v) is 24.2. The zero-order chi connectivity index (χ0) is 28.7. The van der Waals surface area contributed by atoms with E-state index in [0.717, 1.165) is 24.0 Å². The molecule has 0 spiro atoms. The molecule has 1 saturated carbocycles. The van der Waals surface area contributed by atoms with Gasteiger partial charge < -0.3 is 9.47 Å². The molecule has 0 unspecified atom stereocenters. The molecule has 1 N–H and O–H groups in total. The minimum Gasteiger partial charge on any atom is -0.337 e. The summed E-state index contributed by atoms with van der Waals surface area (Å²) in [5.74, 6) is -0.210. The Kier molecular flexibility index (Phi) is 7.44. The van der Waals surface area contributed by atoms with Gasteiger partial charge in [-0.25, -0.2) is 22.5 Å². The smallest absolute Gasteiger partial charge is 0.241 e. The Bertz CT molecular complexity index is 1720. The maximum atomic E-state index is 14.5. The van der Waals surface area contributed by atoms with Crippen molar-refractivity contribution in [3.05, 3.63) is 112 Å². The fourth-order valence-corrected chi connectivity index (χ4v) is 7.32. The monoisotopic (exact) mass is 593 g/mol. The molecule has 0 bridgehead atoms. The van der Waals surface area contributed by atoms with E-state index in [0.29, 0.717) is 34.9 Å². The van der Waals surface area contributed by atoms with Gasteiger partial charge in [0.25, 0.3) is 0 Å². The summed E-state index contributed by atoms with van der Waals surface area (Å²) < 4.78 is 45.8. The number of carbonyl (C=O) groups excluding carboxylic acids is 1. The summed E-state index contributed by atoms with van der Waals surface area (Å²) in [5.41, 5.74) is 3.12. The van der Waals surface area contributed by atoms with Gasteiger partial charge in [0, 0.05) is 49.2 Å². The third-order valence-corrected chi connectivity index (χ3v) is 9.79. The molecular formula is C31H31ClFN4O3S+. The second-order valence-electron chi connectivity index (χ2n) is 10.8. The molecule has 0 aliphatic heterocycles. The van der Waals surface area contributed by atoms with Crippen LogP contribution >= 0.6 is 0 Å². The second kappa shape index (κ2) is 11.0. The predicted molar refractivity (Wildman–Crippen MR) is 151 cm³/mol. The third-order valence-electron chi connectivity index (χ3n) is 8.07. The number of benzene rings is 3. The Hall–Kier alpha value is -3.53. The topological polar surface area (TPSA) is 84.3 Å². The molecular weight excluding hydrogens is 563 g/mol. The Morgan fingerprint density at radius 1 is 1.12 bits per heavy atom. The molecule has 1 fully saturated rings. The first-order chi connectivity index (χ1) is 19.7. The van der Waals surface area contributed by atoms with E-state index in [1.165, 1.54) is 18.2 Å². The van der Waals surface area contributed by atoms with Crippen molar-refractivity contribution in [1.82, 2.24) is 14.3 Å².